The van der Waals surface area contributed by atoms with Gasteiger partial charge in [-0.15, -0.1) is 0 Å². The lowest BCUT2D eigenvalue weighted by Gasteiger charge is -2.31. The van der Waals surface area contributed by atoms with E-state index in [2.05, 4.69) is 19.2 Å². The van der Waals surface area contributed by atoms with E-state index in [9.17, 15) is 18.0 Å². The summed E-state index contributed by atoms with van der Waals surface area (Å²) in [6, 6.07) is 0. The number of halogens is 3. The lowest BCUT2D eigenvalue weighted by atomic mass is 9.83. The second-order valence-electron chi connectivity index (χ2n) is 5.93. The lowest BCUT2D eigenvalue weighted by molar-refractivity contribution is -0.136. The number of carbonyl (C=O) groups excluding carboxylic acids is 1. The van der Waals surface area contributed by atoms with E-state index in [1.807, 2.05) is 0 Å². The van der Waals surface area contributed by atoms with Gasteiger partial charge in [-0.3, -0.25) is 10.1 Å². The number of hydrogen-bond donors (Lipinski definition) is 2. The van der Waals surface area contributed by atoms with Gasteiger partial charge >= 0.3 is 6.18 Å². The van der Waals surface area contributed by atoms with Crippen molar-refractivity contribution in [3.05, 3.63) is 0 Å². The molecule has 18 heavy (non-hydrogen) atoms. The van der Waals surface area contributed by atoms with Crippen LogP contribution in [0.4, 0.5) is 13.2 Å². The van der Waals surface area contributed by atoms with Crippen molar-refractivity contribution < 1.29 is 18.0 Å². The van der Waals surface area contributed by atoms with Crippen molar-refractivity contribution in [2.45, 2.75) is 57.7 Å². The standard InChI is InChI=1S/C12H21F3N2O/c1-10(2)4-3-5-11(7-6-10,9(16)18)17-8-12(13,14)15/h17H,3-8H2,1-2H3,(H2,16,18). The molecule has 0 aromatic rings. The smallest absolute Gasteiger partial charge is 0.368 e. The van der Waals surface area contributed by atoms with Gasteiger partial charge in [-0.05, 0) is 31.1 Å². The van der Waals surface area contributed by atoms with E-state index in [0.29, 0.717) is 25.7 Å². The first-order valence-electron chi connectivity index (χ1n) is 6.18. The van der Waals surface area contributed by atoms with E-state index in [0.717, 1.165) is 6.42 Å². The summed E-state index contributed by atoms with van der Waals surface area (Å²) in [5, 5.41) is 2.35. The van der Waals surface area contributed by atoms with Crippen LogP contribution in [0.5, 0.6) is 0 Å². The molecule has 0 aliphatic heterocycles. The van der Waals surface area contributed by atoms with Gasteiger partial charge in [0.1, 0.15) is 0 Å². The molecular formula is C12H21F3N2O. The summed E-state index contributed by atoms with van der Waals surface area (Å²) in [4.78, 5) is 11.5. The molecule has 1 fully saturated rings. The average molecular weight is 266 g/mol. The highest BCUT2D eigenvalue weighted by atomic mass is 19.4. The quantitative estimate of drug-likeness (QED) is 0.770. The Morgan fingerprint density at radius 2 is 1.83 bits per heavy atom. The minimum atomic E-state index is -4.33. The number of primary amides is 1. The van der Waals surface area contributed by atoms with Crippen molar-refractivity contribution in [1.29, 1.82) is 0 Å². The molecule has 6 heteroatoms. The van der Waals surface area contributed by atoms with Gasteiger partial charge in [0.2, 0.25) is 5.91 Å². The molecular weight excluding hydrogens is 245 g/mol. The minimum absolute atomic E-state index is 0.0527. The summed E-state index contributed by atoms with van der Waals surface area (Å²) in [7, 11) is 0. The predicted octanol–water partition coefficient (Wildman–Crippen LogP) is 2.35. The number of rotatable bonds is 3. The molecule has 1 aliphatic carbocycles. The molecule has 1 unspecified atom stereocenters. The van der Waals surface area contributed by atoms with Gasteiger partial charge in [-0.25, -0.2) is 0 Å². The van der Waals surface area contributed by atoms with Crippen molar-refractivity contribution in [2.24, 2.45) is 11.1 Å². The summed E-state index contributed by atoms with van der Waals surface area (Å²) in [6.45, 7) is 2.96. The third-order valence-corrected chi connectivity index (χ3v) is 3.78. The van der Waals surface area contributed by atoms with Gasteiger partial charge < -0.3 is 5.73 Å². The molecule has 1 atom stereocenters. The molecule has 0 saturated heterocycles. The average Bonchev–Trinajstić information content (AvgIpc) is 2.34. The number of alkyl halides is 3. The van der Waals surface area contributed by atoms with E-state index in [4.69, 9.17) is 5.73 Å². The highest BCUT2D eigenvalue weighted by molar-refractivity contribution is 5.84. The maximum Gasteiger partial charge on any atom is 0.401 e. The van der Waals surface area contributed by atoms with Crippen LogP contribution in [0.2, 0.25) is 0 Å². The van der Waals surface area contributed by atoms with Crippen molar-refractivity contribution in [2.75, 3.05) is 6.54 Å². The van der Waals surface area contributed by atoms with Gasteiger partial charge in [0.15, 0.2) is 0 Å². The molecule has 1 rings (SSSR count). The summed E-state index contributed by atoms with van der Waals surface area (Å²) < 4.78 is 36.8. The summed E-state index contributed by atoms with van der Waals surface area (Å²) in [5.41, 5.74) is 4.17. The molecule has 3 N–H and O–H groups in total. The van der Waals surface area contributed by atoms with Crippen LogP contribution in [-0.2, 0) is 4.79 Å². The Bertz CT molecular complexity index is 315. The number of nitrogens with two attached hydrogens (primary N) is 1. The fraction of sp³-hybridized carbons (Fsp3) is 0.917. The first-order chi connectivity index (χ1) is 8.06. The van der Waals surface area contributed by atoms with Crippen LogP contribution in [-0.4, -0.2) is 24.2 Å². The zero-order valence-corrected chi connectivity index (χ0v) is 10.9. The van der Waals surface area contributed by atoms with Crippen molar-refractivity contribution in [1.82, 2.24) is 5.32 Å². The van der Waals surface area contributed by atoms with E-state index < -0.39 is 24.2 Å². The number of carbonyl (C=O) groups is 1. The first kappa shape index (κ1) is 15.3. The van der Waals surface area contributed by atoms with Gasteiger partial charge in [0.25, 0.3) is 0 Å². The molecule has 106 valence electrons. The largest absolute Gasteiger partial charge is 0.401 e. The van der Waals surface area contributed by atoms with Crippen LogP contribution >= 0.6 is 0 Å². The Labute approximate surface area is 105 Å². The Morgan fingerprint density at radius 1 is 1.22 bits per heavy atom. The Hall–Kier alpha value is -0.780. The maximum atomic E-state index is 12.3. The molecule has 0 spiro atoms. The van der Waals surface area contributed by atoms with E-state index >= 15 is 0 Å². The molecule has 0 radical (unpaired) electrons. The van der Waals surface area contributed by atoms with Gasteiger partial charge in [0, 0.05) is 0 Å². The number of nitrogens with one attached hydrogen (secondary N) is 1. The second-order valence-corrected chi connectivity index (χ2v) is 5.93. The molecule has 1 amide bonds. The predicted molar refractivity (Wildman–Crippen MR) is 62.8 cm³/mol. The maximum absolute atomic E-state index is 12.3. The third-order valence-electron chi connectivity index (χ3n) is 3.78. The zero-order chi connectivity index (χ0) is 14.0. The topological polar surface area (TPSA) is 55.1 Å². The van der Waals surface area contributed by atoms with Crippen LogP contribution in [0.3, 0.4) is 0 Å². The molecule has 3 nitrogen and oxygen atoms in total. The van der Waals surface area contributed by atoms with E-state index in [-0.39, 0.29) is 5.41 Å². The van der Waals surface area contributed by atoms with Crippen LogP contribution in [0.15, 0.2) is 0 Å². The monoisotopic (exact) mass is 266 g/mol. The van der Waals surface area contributed by atoms with Gasteiger partial charge in [0.05, 0.1) is 12.1 Å². The fourth-order valence-electron chi connectivity index (χ4n) is 2.45. The van der Waals surface area contributed by atoms with Crippen LogP contribution in [0.25, 0.3) is 0 Å². The Balaban J connectivity index is 2.78. The van der Waals surface area contributed by atoms with Crippen LogP contribution in [0, 0.1) is 5.41 Å². The van der Waals surface area contributed by atoms with Crippen molar-refractivity contribution >= 4 is 5.91 Å². The molecule has 0 bridgehead atoms. The summed E-state index contributed by atoms with van der Waals surface area (Å²) in [5.74, 6) is -0.676. The SMILES string of the molecule is CC1(C)CCCC(NCC(F)(F)F)(C(N)=O)CC1. The Morgan fingerprint density at radius 3 is 2.33 bits per heavy atom. The highest BCUT2D eigenvalue weighted by Gasteiger charge is 2.42. The van der Waals surface area contributed by atoms with E-state index in [1.54, 1.807) is 0 Å². The molecule has 0 aromatic carbocycles. The molecule has 0 aromatic heterocycles. The van der Waals surface area contributed by atoms with Crippen LogP contribution in [0.1, 0.15) is 46.0 Å². The minimum Gasteiger partial charge on any atom is -0.368 e. The molecule has 1 saturated carbocycles. The van der Waals surface area contributed by atoms with E-state index in [1.165, 1.54) is 0 Å². The summed E-state index contributed by atoms with van der Waals surface area (Å²) >= 11 is 0. The Kier molecular flexibility index (Phi) is 4.30. The molecule has 0 heterocycles. The van der Waals surface area contributed by atoms with Gasteiger partial charge in [-0.1, -0.05) is 20.3 Å². The van der Waals surface area contributed by atoms with Crippen molar-refractivity contribution in [3.63, 3.8) is 0 Å². The summed E-state index contributed by atoms with van der Waals surface area (Å²) in [6.07, 6.45) is -1.28. The normalized spacial score (nSPS) is 28.7. The van der Waals surface area contributed by atoms with Crippen LogP contribution < -0.4 is 11.1 Å². The number of amides is 1. The van der Waals surface area contributed by atoms with Crippen molar-refractivity contribution in [3.8, 4) is 0 Å². The highest BCUT2D eigenvalue weighted by Crippen LogP contribution is 2.38. The molecule has 1 aliphatic rings. The van der Waals surface area contributed by atoms with Gasteiger partial charge in [-0.2, -0.15) is 13.2 Å². The first-order valence-corrected chi connectivity index (χ1v) is 6.18. The second kappa shape index (κ2) is 5.07. The zero-order valence-electron chi connectivity index (χ0n) is 10.9. The number of hydrogen-bond acceptors (Lipinski definition) is 2. The lowest BCUT2D eigenvalue weighted by Crippen LogP contribution is -2.57. The third kappa shape index (κ3) is 4.15. The fourth-order valence-corrected chi connectivity index (χ4v) is 2.45.